The highest BCUT2D eigenvalue weighted by molar-refractivity contribution is 5.79. The molecule has 0 bridgehead atoms. The molecule has 0 saturated carbocycles. The second-order valence-corrected chi connectivity index (χ2v) is 4.21. The molecule has 4 unspecified atom stereocenters. The highest BCUT2D eigenvalue weighted by Gasteiger charge is 2.30. The van der Waals surface area contributed by atoms with Gasteiger partial charge in [-0.3, -0.25) is 0 Å². The van der Waals surface area contributed by atoms with Crippen molar-refractivity contribution < 1.29 is 39.6 Å². The number of halogens is 1. The fraction of sp³-hybridized carbons (Fsp3) is 0.667. The van der Waals surface area contributed by atoms with Crippen molar-refractivity contribution in [3.8, 4) is 0 Å². The first-order chi connectivity index (χ1) is 10.4. The van der Waals surface area contributed by atoms with Crippen LogP contribution in [-0.2, 0) is 9.63 Å². The monoisotopic (exact) mass is 324 g/mol. The molecule has 4 atom stereocenters. The normalized spacial score (nSPS) is 17.5. The number of carbonyl (C=O) groups is 1. The first-order valence-corrected chi connectivity index (χ1v) is 6.45. The molecule has 0 aliphatic heterocycles. The van der Waals surface area contributed by atoms with Gasteiger partial charge in [0, 0.05) is 19.2 Å². The summed E-state index contributed by atoms with van der Waals surface area (Å²) in [6.45, 7) is -0.107. The number of hydrogen-bond acceptors (Lipinski definition) is 8. The van der Waals surface area contributed by atoms with E-state index in [0.717, 1.165) is 6.08 Å². The Kier molecular flexibility index (Phi) is 11.1. The third kappa shape index (κ3) is 9.37. The number of aliphatic carboxylic acids is 1. The van der Waals surface area contributed by atoms with Gasteiger partial charge in [0.05, 0.1) is 12.8 Å². The Bertz CT molecular complexity index is 367. The third-order valence-corrected chi connectivity index (χ3v) is 2.43. The molecule has 9 nitrogen and oxygen atoms in total. The van der Waals surface area contributed by atoms with Gasteiger partial charge in [0.2, 0.25) is 0 Å². The minimum atomic E-state index is -2.08. The smallest absolute Gasteiger partial charge is 0.328 e. The number of aliphatic hydroxyl groups excluding tert-OH is 4. The van der Waals surface area contributed by atoms with Gasteiger partial charge in [-0.05, 0) is 0 Å². The molecule has 6 N–H and O–H groups in total. The van der Waals surface area contributed by atoms with Gasteiger partial charge in [0.25, 0.3) is 0 Å². The van der Waals surface area contributed by atoms with Crippen LogP contribution in [0.15, 0.2) is 17.3 Å². The van der Waals surface area contributed by atoms with Crippen LogP contribution in [0.1, 0.15) is 0 Å². The molecular weight excluding hydrogens is 303 g/mol. The summed E-state index contributed by atoms with van der Waals surface area (Å²) in [6, 6.07) is 0. The second kappa shape index (κ2) is 12.0. The summed E-state index contributed by atoms with van der Waals surface area (Å²) in [6.07, 6.45) is -4.56. The summed E-state index contributed by atoms with van der Waals surface area (Å²) in [4.78, 5) is 14.8. The van der Waals surface area contributed by atoms with E-state index in [2.05, 4.69) is 15.3 Å². The molecule has 0 aromatic rings. The summed E-state index contributed by atoms with van der Waals surface area (Å²) in [5.74, 6) is -1.05. The fourth-order valence-corrected chi connectivity index (χ4v) is 1.23. The summed E-state index contributed by atoms with van der Waals surface area (Å²) >= 11 is 0. The van der Waals surface area contributed by atoms with Gasteiger partial charge in [-0.2, -0.15) is 0 Å². The van der Waals surface area contributed by atoms with Crippen molar-refractivity contribution in [2.45, 2.75) is 24.5 Å². The molecular formula is C12H21FN2O7. The lowest BCUT2D eigenvalue weighted by Crippen LogP contribution is -2.44. The Morgan fingerprint density at radius 3 is 2.59 bits per heavy atom. The van der Waals surface area contributed by atoms with Crippen molar-refractivity contribution in [1.29, 1.82) is 0 Å². The number of nitrogens with zero attached hydrogens (tertiary/aromatic N) is 1. The van der Waals surface area contributed by atoms with Gasteiger partial charge >= 0.3 is 5.97 Å². The molecule has 0 heterocycles. The quantitative estimate of drug-likeness (QED) is 0.101. The topological polar surface area (TPSA) is 152 Å². The fourth-order valence-electron chi connectivity index (χ4n) is 1.23. The molecule has 0 amide bonds. The number of carboxylic acid groups (broad SMARTS) is 1. The lowest BCUT2D eigenvalue weighted by atomic mass is 10.1. The molecule has 10 heteroatoms. The first-order valence-electron chi connectivity index (χ1n) is 6.45. The van der Waals surface area contributed by atoms with E-state index in [1.54, 1.807) is 0 Å². The van der Waals surface area contributed by atoms with E-state index in [1.165, 1.54) is 6.08 Å². The summed E-state index contributed by atoms with van der Waals surface area (Å²) in [7, 11) is 0. The lowest BCUT2D eigenvalue weighted by molar-refractivity contribution is -0.131. The molecule has 0 saturated heterocycles. The number of rotatable bonds is 12. The van der Waals surface area contributed by atoms with Crippen molar-refractivity contribution in [1.82, 2.24) is 5.32 Å². The summed E-state index contributed by atoms with van der Waals surface area (Å²) in [5.41, 5.74) is 0. The number of aliphatic hydroxyl groups is 4. The second-order valence-electron chi connectivity index (χ2n) is 4.21. The van der Waals surface area contributed by atoms with E-state index in [0.29, 0.717) is 19.3 Å². The van der Waals surface area contributed by atoms with Gasteiger partial charge in [-0.25, -0.2) is 9.18 Å². The van der Waals surface area contributed by atoms with Crippen LogP contribution in [0.25, 0.3) is 0 Å². The molecule has 0 aliphatic rings. The third-order valence-electron chi connectivity index (χ3n) is 2.43. The van der Waals surface area contributed by atoms with E-state index >= 15 is 0 Å². The highest BCUT2D eigenvalue weighted by Crippen LogP contribution is 2.06. The predicted octanol–water partition coefficient (Wildman–Crippen LogP) is -2.37. The number of carboxylic acids is 1. The largest absolute Gasteiger partial charge is 0.478 e. The first kappa shape index (κ1) is 20.4. The van der Waals surface area contributed by atoms with Gasteiger partial charge in [0.15, 0.2) is 6.17 Å². The van der Waals surface area contributed by atoms with Crippen LogP contribution in [0.2, 0.25) is 0 Å². The maximum absolute atomic E-state index is 13.4. The van der Waals surface area contributed by atoms with Crippen LogP contribution >= 0.6 is 0 Å². The molecule has 0 aliphatic carbocycles. The van der Waals surface area contributed by atoms with E-state index in [1.807, 2.05) is 0 Å². The number of hydrogen-bond donors (Lipinski definition) is 6. The summed E-state index contributed by atoms with van der Waals surface area (Å²) < 4.78 is 13.4. The predicted molar refractivity (Wildman–Crippen MR) is 74.1 cm³/mol. The molecule has 128 valence electrons. The Morgan fingerprint density at radius 1 is 1.32 bits per heavy atom. The van der Waals surface area contributed by atoms with Crippen LogP contribution in [0, 0.1) is 0 Å². The van der Waals surface area contributed by atoms with Gasteiger partial charge in [-0.1, -0.05) is 11.2 Å². The maximum Gasteiger partial charge on any atom is 0.328 e. The molecule has 0 aromatic heterocycles. The van der Waals surface area contributed by atoms with E-state index < -0.39 is 37.1 Å². The Labute approximate surface area is 126 Å². The Hall–Kier alpha value is -1.59. The molecule has 0 aromatic carbocycles. The maximum atomic E-state index is 13.4. The van der Waals surface area contributed by atoms with Crippen LogP contribution in [0.4, 0.5) is 4.39 Å². The minimum absolute atomic E-state index is 0.0715. The van der Waals surface area contributed by atoms with E-state index in [-0.39, 0.29) is 6.61 Å². The van der Waals surface area contributed by atoms with Crippen molar-refractivity contribution in [3.63, 3.8) is 0 Å². The molecule has 22 heavy (non-hydrogen) atoms. The van der Waals surface area contributed by atoms with Crippen molar-refractivity contribution in [2.75, 3.05) is 26.3 Å². The summed E-state index contributed by atoms with van der Waals surface area (Å²) in [5, 5.41) is 50.5. The molecule has 0 fully saturated rings. The number of alkyl halides is 1. The zero-order chi connectivity index (χ0) is 17.0. The van der Waals surface area contributed by atoms with E-state index in [9.17, 15) is 19.4 Å². The Morgan fingerprint density at radius 2 is 2.00 bits per heavy atom. The zero-order valence-electron chi connectivity index (χ0n) is 11.7. The molecule has 0 rings (SSSR count). The van der Waals surface area contributed by atoms with Gasteiger partial charge in [-0.15, -0.1) is 0 Å². The van der Waals surface area contributed by atoms with Crippen molar-refractivity contribution in [3.05, 3.63) is 12.2 Å². The average molecular weight is 324 g/mol. The van der Waals surface area contributed by atoms with Crippen LogP contribution in [-0.4, -0.2) is 88.5 Å². The zero-order valence-corrected chi connectivity index (χ0v) is 11.7. The van der Waals surface area contributed by atoms with Gasteiger partial charge < -0.3 is 35.7 Å². The molecule has 0 spiro atoms. The minimum Gasteiger partial charge on any atom is -0.478 e. The lowest BCUT2D eigenvalue weighted by Gasteiger charge is -2.22. The van der Waals surface area contributed by atoms with Crippen molar-refractivity contribution >= 4 is 12.2 Å². The SMILES string of the molecule is O=C(O)/C=C/CNCCO/N=C/C(F)C(O)C(O)C(O)CO. The highest BCUT2D eigenvalue weighted by atomic mass is 19.1. The van der Waals surface area contributed by atoms with Gasteiger partial charge in [0.1, 0.15) is 24.9 Å². The van der Waals surface area contributed by atoms with Crippen LogP contribution in [0.5, 0.6) is 0 Å². The molecule has 0 radical (unpaired) electrons. The number of nitrogens with one attached hydrogen (secondary N) is 1. The standard InChI is InChI=1S/C12H21FN2O7/c13-8(11(20)12(21)9(17)7-16)6-15-22-5-4-14-3-1-2-10(18)19/h1-2,6,8-9,11-12,14,16-17,20-21H,3-5,7H2,(H,18,19)/b2-1+,15-6+. The van der Waals surface area contributed by atoms with Crippen LogP contribution in [0.3, 0.4) is 0 Å². The van der Waals surface area contributed by atoms with Crippen molar-refractivity contribution in [2.24, 2.45) is 5.16 Å². The average Bonchev–Trinajstić information content (AvgIpc) is 2.50. The van der Waals surface area contributed by atoms with Crippen LogP contribution < -0.4 is 5.32 Å². The Balaban J connectivity index is 3.82. The number of oxime groups is 1. The van der Waals surface area contributed by atoms with E-state index in [4.69, 9.17) is 15.3 Å².